The number of ether oxygens (including phenoxy) is 1. The van der Waals surface area contributed by atoms with Gasteiger partial charge in [0.05, 0.1) is 13.4 Å². The number of fused-ring (bicyclic) bond motifs is 2. The van der Waals surface area contributed by atoms with Crippen molar-refractivity contribution in [2.45, 2.75) is 38.4 Å². The van der Waals surface area contributed by atoms with Gasteiger partial charge in [-0.25, -0.2) is 17.9 Å². The van der Waals surface area contributed by atoms with Crippen molar-refractivity contribution < 1.29 is 17.9 Å². The van der Waals surface area contributed by atoms with Crippen molar-refractivity contribution >= 4 is 33.0 Å². The Morgan fingerprint density at radius 1 is 1.10 bits per heavy atom. The first-order valence-corrected chi connectivity index (χ1v) is 15.4. The van der Waals surface area contributed by atoms with Gasteiger partial charge >= 0.3 is 5.97 Å². The molecule has 208 valence electrons. The number of aromatic nitrogens is 1. The highest BCUT2D eigenvalue weighted by Crippen LogP contribution is 2.37. The maximum Gasteiger partial charge on any atom is 0.330 e. The number of benzene rings is 3. The summed E-state index contributed by atoms with van der Waals surface area (Å²) >= 11 is 0. The lowest BCUT2D eigenvalue weighted by Crippen LogP contribution is -2.29. The molecule has 0 saturated heterocycles. The summed E-state index contributed by atoms with van der Waals surface area (Å²) in [5.74, 6) is -0.361. The number of sulfonamides is 1. The van der Waals surface area contributed by atoms with Crippen LogP contribution >= 0.6 is 0 Å². The summed E-state index contributed by atoms with van der Waals surface area (Å²) in [5.41, 5.74) is 8.23. The lowest BCUT2D eigenvalue weighted by molar-refractivity contribution is -0.134. The average Bonchev–Trinajstić information content (AvgIpc) is 3.57. The Labute approximate surface area is 235 Å². The Morgan fingerprint density at radius 3 is 2.65 bits per heavy atom. The van der Waals surface area contributed by atoms with E-state index in [1.54, 1.807) is 6.08 Å². The molecule has 0 saturated carbocycles. The van der Waals surface area contributed by atoms with Crippen molar-refractivity contribution in [1.29, 1.82) is 0 Å². The van der Waals surface area contributed by atoms with E-state index in [-0.39, 0.29) is 18.6 Å². The molecule has 1 heterocycles. The number of nitrogens with one attached hydrogen (secondary N) is 2. The van der Waals surface area contributed by atoms with Crippen LogP contribution < -0.4 is 4.72 Å². The number of rotatable bonds is 11. The number of aromatic amines is 1. The number of esters is 1. The average molecular weight is 558 g/mol. The van der Waals surface area contributed by atoms with Crippen LogP contribution in [-0.4, -0.2) is 44.2 Å². The van der Waals surface area contributed by atoms with E-state index < -0.39 is 10.0 Å². The molecular formula is C32H35N3O4S. The van der Waals surface area contributed by atoms with Gasteiger partial charge < -0.3 is 9.72 Å². The number of para-hydroxylation sites is 1. The second-order valence-corrected chi connectivity index (χ2v) is 12.2. The molecule has 8 heteroatoms. The fourth-order valence-electron chi connectivity index (χ4n) is 5.49. The van der Waals surface area contributed by atoms with Crippen LogP contribution in [0.4, 0.5) is 0 Å². The quantitative estimate of drug-likeness (QED) is 0.197. The Kier molecular flexibility index (Phi) is 8.49. The summed E-state index contributed by atoms with van der Waals surface area (Å²) in [4.78, 5) is 17.5. The maximum absolute atomic E-state index is 11.5. The fraction of sp³-hybridized carbons (Fsp3) is 0.281. The predicted octanol–water partition coefficient (Wildman–Crippen LogP) is 5.14. The first-order valence-electron chi connectivity index (χ1n) is 13.5. The molecule has 1 aromatic heterocycles. The van der Waals surface area contributed by atoms with Crippen molar-refractivity contribution in [3.05, 3.63) is 112 Å². The summed E-state index contributed by atoms with van der Waals surface area (Å²) in [6.07, 6.45) is 9.49. The summed E-state index contributed by atoms with van der Waals surface area (Å²) in [6, 6.07) is 23.3. The van der Waals surface area contributed by atoms with Crippen LogP contribution in [0.3, 0.4) is 0 Å². The van der Waals surface area contributed by atoms with E-state index in [0.29, 0.717) is 0 Å². The molecule has 0 spiro atoms. The second-order valence-electron chi connectivity index (χ2n) is 10.4. The molecule has 40 heavy (non-hydrogen) atoms. The number of nitrogens with zero attached hydrogens (tertiary/aromatic N) is 1. The molecular weight excluding hydrogens is 522 g/mol. The number of H-pyrrole nitrogens is 1. The number of methoxy groups -OCH3 is 1. The van der Waals surface area contributed by atoms with Gasteiger partial charge in [0.15, 0.2) is 0 Å². The van der Waals surface area contributed by atoms with Crippen LogP contribution in [0.5, 0.6) is 0 Å². The van der Waals surface area contributed by atoms with Crippen LogP contribution in [0.25, 0.3) is 17.0 Å². The molecule has 4 aromatic rings. The molecule has 1 unspecified atom stereocenters. The molecule has 0 fully saturated rings. The largest absolute Gasteiger partial charge is 0.466 e. The first-order chi connectivity index (χ1) is 19.3. The molecule has 0 amide bonds. The zero-order chi connectivity index (χ0) is 28.1. The number of hydrogen-bond acceptors (Lipinski definition) is 5. The van der Waals surface area contributed by atoms with Gasteiger partial charge in [-0.15, -0.1) is 0 Å². The minimum atomic E-state index is -3.24. The van der Waals surface area contributed by atoms with Crippen LogP contribution in [0.1, 0.15) is 45.8 Å². The summed E-state index contributed by atoms with van der Waals surface area (Å²) in [5, 5.41) is 1.26. The van der Waals surface area contributed by atoms with E-state index in [4.69, 9.17) is 4.74 Å². The van der Waals surface area contributed by atoms with Gasteiger partial charge in [0.1, 0.15) is 0 Å². The predicted molar refractivity (Wildman–Crippen MR) is 159 cm³/mol. The lowest BCUT2D eigenvalue weighted by atomic mass is 10.0. The molecule has 1 atom stereocenters. The van der Waals surface area contributed by atoms with Gasteiger partial charge in [0.2, 0.25) is 10.0 Å². The maximum atomic E-state index is 11.5. The highest BCUT2D eigenvalue weighted by Gasteiger charge is 2.28. The third kappa shape index (κ3) is 6.88. The van der Waals surface area contributed by atoms with E-state index >= 15 is 0 Å². The summed E-state index contributed by atoms with van der Waals surface area (Å²) in [7, 11) is -1.86. The van der Waals surface area contributed by atoms with Crippen LogP contribution in [0.15, 0.2) is 79.0 Å². The van der Waals surface area contributed by atoms with E-state index in [0.717, 1.165) is 49.0 Å². The molecule has 1 aliphatic rings. The molecule has 5 rings (SSSR count). The summed E-state index contributed by atoms with van der Waals surface area (Å²) in [6.45, 7) is 1.97. The molecule has 0 aliphatic heterocycles. The van der Waals surface area contributed by atoms with Crippen molar-refractivity contribution in [3.8, 4) is 0 Å². The molecule has 1 aliphatic carbocycles. The standard InChI is InChI=1S/C32H35N3O4S/c1-39-32(36)16-12-23-11-14-29-26(19-23)13-15-31(29)35(18-17-27-21-33-30-6-4-3-5-28(27)30)22-25-9-7-24(8-10-25)20-34-40(2,37)38/h3-12,14,16,19,21,31,33-34H,13,15,17-18,20,22H2,1-2H3/b16-12+. The Bertz CT molecular complexity index is 1620. The lowest BCUT2D eigenvalue weighted by Gasteiger charge is -2.30. The van der Waals surface area contributed by atoms with Gasteiger partial charge in [-0.3, -0.25) is 4.90 Å². The molecule has 2 N–H and O–H groups in total. The minimum Gasteiger partial charge on any atom is -0.466 e. The third-order valence-electron chi connectivity index (χ3n) is 7.56. The molecule has 0 bridgehead atoms. The molecule has 3 aromatic carbocycles. The van der Waals surface area contributed by atoms with E-state index in [1.165, 1.54) is 47.1 Å². The Morgan fingerprint density at radius 2 is 1.88 bits per heavy atom. The monoisotopic (exact) mass is 557 g/mol. The third-order valence-corrected chi connectivity index (χ3v) is 8.23. The smallest absolute Gasteiger partial charge is 0.330 e. The van der Waals surface area contributed by atoms with Gasteiger partial charge in [-0.05, 0) is 64.8 Å². The number of hydrogen-bond donors (Lipinski definition) is 2. The van der Waals surface area contributed by atoms with Crippen LogP contribution in [0.2, 0.25) is 0 Å². The number of carbonyl (C=O) groups excluding carboxylic acids is 1. The molecule has 7 nitrogen and oxygen atoms in total. The SMILES string of the molecule is COC(=O)/C=C/c1ccc2c(c1)CCC2N(CCc1c[nH]c2ccccc12)Cc1ccc(CNS(C)(=O)=O)cc1. The van der Waals surface area contributed by atoms with E-state index in [9.17, 15) is 13.2 Å². The fourth-order valence-corrected chi connectivity index (χ4v) is 5.92. The topological polar surface area (TPSA) is 91.5 Å². The van der Waals surface area contributed by atoms with Crippen LogP contribution in [0, 0.1) is 0 Å². The van der Waals surface area contributed by atoms with Crippen molar-refractivity contribution in [1.82, 2.24) is 14.6 Å². The van der Waals surface area contributed by atoms with Crippen molar-refractivity contribution in [2.75, 3.05) is 19.9 Å². The van der Waals surface area contributed by atoms with E-state index in [1.807, 2.05) is 18.2 Å². The minimum absolute atomic E-state index is 0.283. The molecule has 0 radical (unpaired) electrons. The highest BCUT2D eigenvalue weighted by atomic mass is 32.2. The number of carbonyl (C=O) groups is 1. The number of aryl methyl sites for hydroxylation is 1. The Hall–Kier alpha value is -3.72. The van der Waals surface area contributed by atoms with Crippen molar-refractivity contribution in [2.24, 2.45) is 0 Å². The van der Waals surface area contributed by atoms with E-state index in [2.05, 4.69) is 69.3 Å². The summed E-state index contributed by atoms with van der Waals surface area (Å²) < 4.78 is 30.2. The van der Waals surface area contributed by atoms with Gasteiger partial charge in [0, 0.05) is 48.9 Å². The Balaban J connectivity index is 1.37. The van der Waals surface area contributed by atoms with Crippen molar-refractivity contribution in [3.63, 3.8) is 0 Å². The zero-order valence-electron chi connectivity index (χ0n) is 22.9. The zero-order valence-corrected chi connectivity index (χ0v) is 23.7. The van der Waals surface area contributed by atoms with Gasteiger partial charge in [-0.2, -0.15) is 0 Å². The van der Waals surface area contributed by atoms with Gasteiger partial charge in [0.25, 0.3) is 0 Å². The van der Waals surface area contributed by atoms with Crippen LogP contribution in [-0.2, 0) is 45.5 Å². The highest BCUT2D eigenvalue weighted by molar-refractivity contribution is 7.88. The van der Waals surface area contributed by atoms with Gasteiger partial charge in [-0.1, -0.05) is 60.7 Å². The normalized spacial score (nSPS) is 15.2. The second kappa shape index (κ2) is 12.2. The first kappa shape index (κ1) is 27.8.